The number of methoxy groups -OCH3 is 1. The van der Waals surface area contributed by atoms with Crippen molar-refractivity contribution in [2.24, 2.45) is 5.14 Å². The van der Waals surface area contributed by atoms with Crippen LogP contribution in [0.2, 0.25) is 0 Å². The molecule has 0 spiro atoms. The van der Waals surface area contributed by atoms with Gasteiger partial charge in [0.05, 0.1) is 11.5 Å². The fraction of sp³-hybridized carbons (Fsp3) is 0.333. The van der Waals surface area contributed by atoms with Gasteiger partial charge >= 0.3 is 0 Å². The lowest BCUT2D eigenvalue weighted by molar-refractivity contribution is 0.202. The third kappa shape index (κ3) is 4.35. The zero-order chi connectivity index (χ0) is 13.8. The molecule has 3 N–H and O–H groups in total. The van der Waals surface area contributed by atoms with Gasteiger partial charge in [-0.1, -0.05) is 22.3 Å². The zero-order valence-electron chi connectivity index (χ0n) is 9.66. The molecule has 0 aliphatic rings. The van der Waals surface area contributed by atoms with Crippen molar-refractivity contribution in [3.63, 3.8) is 0 Å². The van der Waals surface area contributed by atoms with Gasteiger partial charge in [0.25, 0.3) is 20.2 Å². The highest BCUT2D eigenvalue weighted by atomic mass is 32.3. The van der Waals surface area contributed by atoms with Crippen molar-refractivity contribution in [2.45, 2.75) is 11.3 Å². The lowest BCUT2D eigenvalue weighted by atomic mass is 10.2. The van der Waals surface area contributed by atoms with Gasteiger partial charge in [0, 0.05) is 7.11 Å². The van der Waals surface area contributed by atoms with E-state index in [1.54, 1.807) is 12.1 Å². The molecule has 0 aliphatic heterocycles. The minimum absolute atomic E-state index is 0.129. The van der Waals surface area contributed by atoms with E-state index in [-0.39, 0.29) is 4.90 Å². The van der Waals surface area contributed by atoms with Crippen molar-refractivity contribution in [1.82, 2.24) is 4.13 Å². The van der Waals surface area contributed by atoms with Gasteiger partial charge in [-0.15, -0.1) is 0 Å². The Hall–Kier alpha value is -1.00. The van der Waals surface area contributed by atoms with Crippen molar-refractivity contribution in [3.05, 3.63) is 29.8 Å². The summed E-state index contributed by atoms with van der Waals surface area (Å²) in [7, 11) is -7.05. The van der Waals surface area contributed by atoms with Crippen molar-refractivity contribution in [2.75, 3.05) is 13.7 Å². The molecule has 0 aliphatic carbocycles. The Morgan fingerprint density at radius 2 is 1.83 bits per heavy atom. The Morgan fingerprint density at radius 1 is 1.22 bits per heavy atom. The fourth-order valence-corrected chi connectivity index (χ4v) is 3.74. The first kappa shape index (κ1) is 15.1. The van der Waals surface area contributed by atoms with E-state index in [1.165, 1.54) is 23.4 Å². The van der Waals surface area contributed by atoms with Crippen LogP contribution in [-0.4, -0.2) is 30.6 Å². The van der Waals surface area contributed by atoms with Gasteiger partial charge in [0.15, 0.2) is 0 Å². The molecule has 0 unspecified atom stereocenters. The van der Waals surface area contributed by atoms with Gasteiger partial charge in [-0.05, 0) is 18.1 Å². The molecule has 0 amide bonds. The smallest absolute Gasteiger partial charge is 0.287 e. The summed E-state index contributed by atoms with van der Waals surface area (Å²) >= 11 is 0. The summed E-state index contributed by atoms with van der Waals surface area (Å²) in [6.07, 6.45) is 0.345. The van der Waals surface area contributed by atoms with Crippen molar-refractivity contribution >= 4 is 20.2 Å². The number of nitrogens with one attached hydrogen (secondary N) is 1. The van der Waals surface area contributed by atoms with Crippen LogP contribution < -0.4 is 9.27 Å². The molecule has 1 aromatic rings. The average Bonchev–Trinajstić information content (AvgIpc) is 2.23. The van der Waals surface area contributed by atoms with Gasteiger partial charge in [-0.3, -0.25) is 0 Å². The van der Waals surface area contributed by atoms with Crippen molar-refractivity contribution in [3.8, 4) is 0 Å². The Balaban J connectivity index is 3.16. The number of hydrogen-bond donors (Lipinski definition) is 2. The molecule has 0 fully saturated rings. The van der Waals surface area contributed by atoms with Crippen LogP contribution in [0.4, 0.5) is 0 Å². The highest BCUT2D eigenvalue weighted by molar-refractivity contribution is 8.03. The highest BCUT2D eigenvalue weighted by Gasteiger charge is 2.22. The predicted octanol–water partition coefficient (Wildman–Crippen LogP) is -0.643. The molecular formula is C9H14N2O5S2. The number of rotatable bonds is 6. The van der Waals surface area contributed by atoms with Crippen molar-refractivity contribution in [1.29, 1.82) is 0 Å². The van der Waals surface area contributed by atoms with Crippen LogP contribution in [0, 0.1) is 0 Å². The summed E-state index contributed by atoms with van der Waals surface area (Å²) in [5, 5.41) is 4.67. The first-order valence-corrected chi connectivity index (χ1v) is 7.92. The molecule has 0 atom stereocenters. The molecule has 0 radical (unpaired) electrons. The number of hydrogen-bond acceptors (Lipinski definition) is 5. The van der Waals surface area contributed by atoms with Crippen LogP contribution in [-0.2, 0) is 31.4 Å². The number of sulfonamides is 1. The van der Waals surface area contributed by atoms with E-state index in [4.69, 9.17) is 4.74 Å². The molecule has 0 saturated heterocycles. The Labute approximate surface area is 106 Å². The Bertz CT molecular complexity index is 610. The molecule has 1 rings (SSSR count). The molecule has 18 heavy (non-hydrogen) atoms. The van der Waals surface area contributed by atoms with E-state index in [0.29, 0.717) is 18.6 Å². The monoisotopic (exact) mass is 294 g/mol. The summed E-state index contributed by atoms with van der Waals surface area (Å²) < 4.78 is 51.5. The summed E-state index contributed by atoms with van der Waals surface area (Å²) in [4.78, 5) is -0.129. The molecule has 0 aromatic heterocycles. The van der Waals surface area contributed by atoms with Crippen LogP contribution in [0.3, 0.4) is 0 Å². The second-order valence-electron chi connectivity index (χ2n) is 3.48. The lowest BCUT2D eigenvalue weighted by Gasteiger charge is -2.09. The van der Waals surface area contributed by atoms with E-state index in [1.807, 2.05) is 0 Å². The summed E-state index contributed by atoms with van der Waals surface area (Å²) in [6.45, 7) is 0.321. The number of ether oxygens (including phenoxy) is 1. The Morgan fingerprint density at radius 3 is 2.39 bits per heavy atom. The average molecular weight is 294 g/mol. The maximum Gasteiger partial charge on any atom is 0.287 e. The predicted molar refractivity (Wildman–Crippen MR) is 65.5 cm³/mol. The molecule has 0 heterocycles. The quantitative estimate of drug-likeness (QED) is 0.724. The van der Waals surface area contributed by atoms with Gasteiger partial charge in [-0.25, -0.2) is 13.6 Å². The Kier molecular flexibility index (Phi) is 4.82. The number of nitrogens with two attached hydrogens (primary N) is 1. The third-order valence-corrected chi connectivity index (χ3v) is 4.85. The maximum atomic E-state index is 11.8. The van der Waals surface area contributed by atoms with Crippen LogP contribution in [0.1, 0.15) is 5.56 Å². The summed E-state index contributed by atoms with van der Waals surface area (Å²) in [5.41, 5.74) is 0.454. The normalized spacial score (nSPS) is 12.6. The lowest BCUT2D eigenvalue weighted by Crippen LogP contribution is -2.36. The summed E-state index contributed by atoms with van der Waals surface area (Å²) in [5.74, 6) is 0. The zero-order valence-corrected chi connectivity index (χ0v) is 11.3. The van der Waals surface area contributed by atoms with E-state index < -0.39 is 20.2 Å². The van der Waals surface area contributed by atoms with Crippen LogP contribution in [0.5, 0.6) is 0 Å². The van der Waals surface area contributed by atoms with E-state index in [0.717, 1.165) is 0 Å². The van der Waals surface area contributed by atoms with Gasteiger partial charge < -0.3 is 4.74 Å². The van der Waals surface area contributed by atoms with E-state index >= 15 is 0 Å². The van der Waals surface area contributed by atoms with E-state index in [2.05, 4.69) is 5.14 Å². The first-order valence-electron chi connectivity index (χ1n) is 4.89. The van der Waals surface area contributed by atoms with Crippen molar-refractivity contribution < 1.29 is 21.6 Å². The standard InChI is InChI=1S/C9H14N2O5S2/c1-16-7-6-8-4-2-3-5-9(8)17(12,13)11-18(10,14)15/h2-5,11H,6-7H2,1H3,(H2,10,14,15). The molecule has 7 nitrogen and oxygen atoms in total. The minimum atomic E-state index is -4.34. The first-order chi connectivity index (χ1) is 8.26. The third-order valence-electron chi connectivity index (χ3n) is 2.06. The van der Waals surface area contributed by atoms with Gasteiger partial charge in [-0.2, -0.15) is 8.42 Å². The minimum Gasteiger partial charge on any atom is -0.384 e. The second kappa shape index (κ2) is 5.76. The molecule has 1 aromatic carbocycles. The SMILES string of the molecule is COCCc1ccccc1S(=O)(=O)NS(N)(=O)=O. The molecule has 9 heteroatoms. The topological polar surface area (TPSA) is 116 Å². The molecule has 102 valence electrons. The van der Waals surface area contributed by atoms with Gasteiger partial charge in [0.1, 0.15) is 0 Å². The maximum absolute atomic E-state index is 11.8. The fourth-order valence-electron chi connectivity index (χ4n) is 1.38. The highest BCUT2D eigenvalue weighted by Crippen LogP contribution is 2.16. The largest absolute Gasteiger partial charge is 0.384 e. The molecular weight excluding hydrogens is 280 g/mol. The van der Waals surface area contributed by atoms with Crippen LogP contribution in [0.25, 0.3) is 0 Å². The van der Waals surface area contributed by atoms with Crippen LogP contribution >= 0.6 is 0 Å². The van der Waals surface area contributed by atoms with E-state index in [9.17, 15) is 16.8 Å². The van der Waals surface area contributed by atoms with Crippen LogP contribution in [0.15, 0.2) is 29.2 Å². The number of benzene rings is 1. The van der Waals surface area contributed by atoms with Gasteiger partial charge in [0.2, 0.25) is 0 Å². The second-order valence-corrected chi connectivity index (χ2v) is 6.69. The summed E-state index contributed by atoms with van der Waals surface area (Å²) in [6, 6.07) is 6.03. The molecule has 0 bridgehead atoms. The molecule has 0 saturated carbocycles.